The SMILES string of the molecule is CCCCNC(=O)[C@@H](CC)N(Cc1ccccc1Cl)C(=O)CCSc1ccc(Cl)cc1. The van der Waals surface area contributed by atoms with Gasteiger partial charge in [0.15, 0.2) is 0 Å². The van der Waals surface area contributed by atoms with Crippen molar-refractivity contribution in [3.63, 3.8) is 0 Å². The molecule has 0 aliphatic rings. The lowest BCUT2D eigenvalue weighted by atomic mass is 10.1. The van der Waals surface area contributed by atoms with Crippen molar-refractivity contribution < 1.29 is 9.59 Å². The summed E-state index contributed by atoms with van der Waals surface area (Å²) >= 11 is 13.9. The number of benzene rings is 2. The first-order valence-electron chi connectivity index (χ1n) is 10.6. The van der Waals surface area contributed by atoms with Crippen LogP contribution in [0.3, 0.4) is 0 Å². The van der Waals surface area contributed by atoms with Gasteiger partial charge in [0.25, 0.3) is 0 Å². The van der Waals surface area contributed by atoms with Crippen molar-refractivity contribution in [2.45, 2.75) is 57.0 Å². The lowest BCUT2D eigenvalue weighted by molar-refractivity contribution is -0.141. The van der Waals surface area contributed by atoms with Crippen molar-refractivity contribution in [3.05, 3.63) is 64.1 Å². The van der Waals surface area contributed by atoms with Gasteiger partial charge in [-0.05, 0) is 48.7 Å². The van der Waals surface area contributed by atoms with Crippen molar-refractivity contribution in [2.24, 2.45) is 0 Å². The van der Waals surface area contributed by atoms with Gasteiger partial charge in [-0.3, -0.25) is 9.59 Å². The predicted octanol–water partition coefficient (Wildman–Crippen LogP) is 6.20. The van der Waals surface area contributed by atoms with Gasteiger partial charge in [0.05, 0.1) is 0 Å². The number of carbonyl (C=O) groups is 2. The van der Waals surface area contributed by atoms with Crippen molar-refractivity contribution in [1.29, 1.82) is 0 Å². The predicted molar refractivity (Wildman–Crippen MR) is 131 cm³/mol. The summed E-state index contributed by atoms with van der Waals surface area (Å²) in [5.41, 5.74) is 0.836. The summed E-state index contributed by atoms with van der Waals surface area (Å²) < 4.78 is 0. The van der Waals surface area contributed by atoms with Gasteiger partial charge in [0.2, 0.25) is 11.8 Å². The van der Waals surface area contributed by atoms with Gasteiger partial charge in [-0.15, -0.1) is 11.8 Å². The second-order valence-electron chi connectivity index (χ2n) is 7.23. The molecule has 0 aliphatic carbocycles. The highest BCUT2D eigenvalue weighted by Gasteiger charge is 2.28. The number of rotatable bonds is 12. The van der Waals surface area contributed by atoms with E-state index in [4.69, 9.17) is 23.2 Å². The van der Waals surface area contributed by atoms with Gasteiger partial charge in [0, 0.05) is 40.2 Å². The molecule has 0 fully saturated rings. The smallest absolute Gasteiger partial charge is 0.242 e. The highest BCUT2D eigenvalue weighted by atomic mass is 35.5. The summed E-state index contributed by atoms with van der Waals surface area (Å²) in [6.07, 6.45) is 2.79. The van der Waals surface area contributed by atoms with Crippen LogP contribution in [0.4, 0.5) is 0 Å². The number of carbonyl (C=O) groups excluding carboxylic acids is 2. The average Bonchev–Trinajstić information content (AvgIpc) is 2.76. The molecule has 7 heteroatoms. The molecule has 2 rings (SSSR count). The maximum absolute atomic E-state index is 13.2. The number of amides is 2. The fourth-order valence-electron chi connectivity index (χ4n) is 3.17. The Morgan fingerprint density at radius 2 is 1.77 bits per heavy atom. The van der Waals surface area contributed by atoms with E-state index < -0.39 is 6.04 Å². The van der Waals surface area contributed by atoms with E-state index in [-0.39, 0.29) is 11.8 Å². The highest BCUT2D eigenvalue weighted by Crippen LogP contribution is 2.23. The lowest BCUT2D eigenvalue weighted by Gasteiger charge is -2.31. The fourth-order valence-corrected chi connectivity index (χ4v) is 4.33. The first kappa shape index (κ1) is 25.6. The minimum atomic E-state index is -0.527. The molecule has 0 bridgehead atoms. The molecular weight excluding hydrogens is 451 g/mol. The molecule has 31 heavy (non-hydrogen) atoms. The Labute approximate surface area is 199 Å². The number of halogens is 2. The van der Waals surface area contributed by atoms with Gasteiger partial charge in [-0.1, -0.05) is 61.7 Å². The average molecular weight is 481 g/mol. The van der Waals surface area contributed by atoms with Crippen LogP contribution in [-0.2, 0) is 16.1 Å². The molecule has 2 amide bonds. The van der Waals surface area contributed by atoms with E-state index in [2.05, 4.69) is 12.2 Å². The van der Waals surface area contributed by atoms with E-state index in [9.17, 15) is 9.59 Å². The first-order valence-corrected chi connectivity index (χ1v) is 12.4. The van der Waals surface area contributed by atoms with Crippen molar-refractivity contribution in [1.82, 2.24) is 10.2 Å². The zero-order valence-electron chi connectivity index (χ0n) is 18.1. The summed E-state index contributed by atoms with van der Waals surface area (Å²) in [6, 6.07) is 14.5. The number of hydrogen-bond donors (Lipinski definition) is 1. The number of unbranched alkanes of at least 4 members (excludes halogenated alkanes) is 1. The molecule has 0 saturated carbocycles. The standard InChI is InChI=1S/C24H30Cl2N2O2S/c1-3-5-15-27-24(30)22(4-2)28(17-18-8-6-7-9-21(18)26)23(29)14-16-31-20-12-10-19(25)11-13-20/h6-13,22H,3-5,14-17H2,1-2H3,(H,27,30)/t22-/m1/s1. The van der Waals surface area contributed by atoms with E-state index in [0.717, 1.165) is 23.3 Å². The third-order valence-corrected chi connectivity index (χ3v) is 6.55. The van der Waals surface area contributed by atoms with Gasteiger partial charge in [-0.2, -0.15) is 0 Å². The molecule has 1 N–H and O–H groups in total. The Morgan fingerprint density at radius 3 is 2.42 bits per heavy atom. The van der Waals surface area contributed by atoms with E-state index in [0.29, 0.717) is 41.7 Å². The van der Waals surface area contributed by atoms with Crippen LogP contribution in [-0.4, -0.2) is 35.1 Å². The summed E-state index contributed by atoms with van der Waals surface area (Å²) in [4.78, 5) is 28.8. The van der Waals surface area contributed by atoms with Gasteiger partial charge in [0.1, 0.15) is 6.04 Å². The number of nitrogens with zero attached hydrogens (tertiary/aromatic N) is 1. The van der Waals surface area contributed by atoms with Crippen molar-refractivity contribution >= 4 is 46.8 Å². The Bertz CT molecular complexity index is 846. The Kier molecular flexibility index (Phi) is 11.3. The number of thioether (sulfide) groups is 1. The normalized spacial score (nSPS) is 11.7. The molecule has 0 aromatic heterocycles. The quantitative estimate of drug-likeness (QED) is 0.290. The van der Waals surface area contributed by atoms with Crippen molar-refractivity contribution in [2.75, 3.05) is 12.3 Å². The number of hydrogen-bond acceptors (Lipinski definition) is 3. The van der Waals surface area contributed by atoms with E-state index in [1.807, 2.05) is 49.4 Å². The maximum Gasteiger partial charge on any atom is 0.242 e. The minimum absolute atomic E-state index is 0.0566. The Hall–Kier alpha value is -1.69. The third-order valence-electron chi connectivity index (χ3n) is 4.91. The molecule has 0 saturated heterocycles. The zero-order chi connectivity index (χ0) is 22.6. The van der Waals surface area contributed by atoms with Crippen LogP contribution in [0.25, 0.3) is 0 Å². The van der Waals surface area contributed by atoms with Crippen LogP contribution in [0.2, 0.25) is 10.0 Å². The first-order chi connectivity index (χ1) is 15.0. The van der Waals surface area contributed by atoms with Crippen LogP contribution >= 0.6 is 35.0 Å². The molecule has 0 heterocycles. The molecule has 0 aliphatic heterocycles. The summed E-state index contributed by atoms with van der Waals surface area (Å²) in [7, 11) is 0. The molecule has 2 aromatic rings. The number of nitrogens with one attached hydrogen (secondary N) is 1. The van der Waals surface area contributed by atoms with Crippen LogP contribution in [0.5, 0.6) is 0 Å². The monoisotopic (exact) mass is 480 g/mol. The molecule has 0 radical (unpaired) electrons. The van der Waals surface area contributed by atoms with Crippen LogP contribution in [0.1, 0.15) is 45.1 Å². The zero-order valence-corrected chi connectivity index (χ0v) is 20.4. The van der Waals surface area contributed by atoms with E-state index in [1.165, 1.54) is 0 Å². The largest absolute Gasteiger partial charge is 0.354 e. The third kappa shape index (κ3) is 8.40. The second kappa shape index (κ2) is 13.7. The molecule has 0 spiro atoms. The molecule has 168 valence electrons. The Balaban J connectivity index is 2.10. The topological polar surface area (TPSA) is 49.4 Å². The highest BCUT2D eigenvalue weighted by molar-refractivity contribution is 7.99. The van der Waals surface area contributed by atoms with Gasteiger partial charge in [-0.25, -0.2) is 0 Å². The summed E-state index contributed by atoms with van der Waals surface area (Å²) in [5, 5.41) is 4.25. The summed E-state index contributed by atoms with van der Waals surface area (Å²) in [6.45, 7) is 4.94. The van der Waals surface area contributed by atoms with Crippen LogP contribution in [0, 0.1) is 0 Å². The van der Waals surface area contributed by atoms with Crippen LogP contribution < -0.4 is 5.32 Å². The van der Waals surface area contributed by atoms with Gasteiger partial charge >= 0.3 is 0 Å². The Morgan fingerprint density at radius 1 is 1.06 bits per heavy atom. The van der Waals surface area contributed by atoms with Gasteiger partial charge < -0.3 is 10.2 Å². The van der Waals surface area contributed by atoms with E-state index >= 15 is 0 Å². The van der Waals surface area contributed by atoms with E-state index in [1.54, 1.807) is 22.7 Å². The maximum atomic E-state index is 13.2. The minimum Gasteiger partial charge on any atom is -0.354 e. The molecule has 0 unspecified atom stereocenters. The van der Waals surface area contributed by atoms with Crippen molar-refractivity contribution in [3.8, 4) is 0 Å². The van der Waals surface area contributed by atoms with Crippen LogP contribution in [0.15, 0.2) is 53.4 Å². The molecule has 1 atom stereocenters. The molecule has 4 nitrogen and oxygen atoms in total. The lowest BCUT2D eigenvalue weighted by Crippen LogP contribution is -2.49. The fraction of sp³-hybridized carbons (Fsp3) is 0.417. The summed E-state index contributed by atoms with van der Waals surface area (Å²) in [5.74, 6) is 0.452. The second-order valence-corrected chi connectivity index (χ2v) is 9.25. The molecular formula is C24H30Cl2N2O2S. The molecule has 2 aromatic carbocycles.